The zero-order valence-electron chi connectivity index (χ0n) is 10.8. The molecule has 0 saturated heterocycles. The number of alkyl halides is 3. The Bertz CT molecular complexity index is 649. The molecule has 0 aliphatic rings. The zero-order valence-corrected chi connectivity index (χ0v) is 10.8. The van der Waals surface area contributed by atoms with Crippen LogP contribution < -0.4 is 0 Å². The Kier molecular flexibility index (Phi) is 3.80. The molecule has 0 aliphatic heterocycles. The number of nitrogens with zero attached hydrogens (tertiary/aromatic N) is 1. The van der Waals surface area contributed by atoms with Crippen molar-refractivity contribution < 1.29 is 13.2 Å². The van der Waals surface area contributed by atoms with Crippen LogP contribution in [0.2, 0.25) is 0 Å². The first kappa shape index (κ1) is 14.1. The van der Waals surface area contributed by atoms with Gasteiger partial charge in [0.05, 0.1) is 17.2 Å². The largest absolute Gasteiger partial charge is 0.416 e. The molecule has 0 N–H and O–H groups in total. The summed E-state index contributed by atoms with van der Waals surface area (Å²) in [5, 5.41) is 9.07. The molecule has 0 fully saturated rings. The van der Waals surface area contributed by atoms with Crippen LogP contribution in [0.1, 0.15) is 27.8 Å². The SMILES string of the molecule is Cc1ccc(Cc2ccc(C(F)(F)F)cc2)c(C#N)c1. The molecule has 0 heterocycles. The molecular weight excluding hydrogens is 263 g/mol. The van der Waals surface area contributed by atoms with Gasteiger partial charge in [-0.2, -0.15) is 18.4 Å². The first-order valence-corrected chi connectivity index (χ1v) is 6.06. The fraction of sp³-hybridized carbons (Fsp3) is 0.188. The van der Waals surface area contributed by atoms with Gasteiger partial charge in [0.25, 0.3) is 0 Å². The van der Waals surface area contributed by atoms with Crippen LogP contribution in [0.3, 0.4) is 0 Å². The van der Waals surface area contributed by atoms with E-state index < -0.39 is 11.7 Å². The van der Waals surface area contributed by atoms with Crippen LogP contribution in [0, 0.1) is 18.3 Å². The number of hydrogen-bond acceptors (Lipinski definition) is 1. The molecule has 0 radical (unpaired) electrons. The lowest BCUT2D eigenvalue weighted by Gasteiger charge is -2.09. The highest BCUT2D eigenvalue weighted by Crippen LogP contribution is 2.29. The third-order valence-electron chi connectivity index (χ3n) is 3.06. The standard InChI is InChI=1S/C16H12F3N/c1-11-2-5-13(14(8-11)10-20)9-12-3-6-15(7-4-12)16(17,18)19/h2-8H,9H2,1H3. The van der Waals surface area contributed by atoms with Gasteiger partial charge in [0.15, 0.2) is 0 Å². The van der Waals surface area contributed by atoms with E-state index >= 15 is 0 Å². The van der Waals surface area contributed by atoms with E-state index in [4.69, 9.17) is 5.26 Å². The Labute approximate surface area is 115 Å². The molecule has 20 heavy (non-hydrogen) atoms. The van der Waals surface area contributed by atoms with Gasteiger partial charge in [-0.25, -0.2) is 0 Å². The van der Waals surface area contributed by atoms with Crippen molar-refractivity contribution in [2.45, 2.75) is 19.5 Å². The van der Waals surface area contributed by atoms with E-state index in [1.807, 2.05) is 19.1 Å². The second kappa shape index (κ2) is 5.38. The van der Waals surface area contributed by atoms with Gasteiger partial charge in [-0.1, -0.05) is 24.3 Å². The summed E-state index contributed by atoms with van der Waals surface area (Å²) in [7, 11) is 0. The monoisotopic (exact) mass is 275 g/mol. The van der Waals surface area contributed by atoms with Gasteiger partial charge in [-0.15, -0.1) is 0 Å². The summed E-state index contributed by atoms with van der Waals surface area (Å²) >= 11 is 0. The topological polar surface area (TPSA) is 23.8 Å². The number of halogens is 3. The van der Waals surface area contributed by atoms with Gasteiger partial charge in [0.1, 0.15) is 0 Å². The Balaban J connectivity index is 2.25. The van der Waals surface area contributed by atoms with Crippen molar-refractivity contribution in [3.63, 3.8) is 0 Å². The molecule has 1 nitrogen and oxygen atoms in total. The molecular formula is C16H12F3N. The van der Waals surface area contributed by atoms with E-state index in [9.17, 15) is 13.2 Å². The normalized spacial score (nSPS) is 11.2. The third-order valence-corrected chi connectivity index (χ3v) is 3.06. The van der Waals surface area contributed by atoms with Crippen LogP contribution in [0.5, 0.6) is 0 Å². The second-order valence-electron chi connectivity index (χ2n) is 4.64. The summed E-state index contributed by atoms with van der Waals surface area (Å²) in [5.74, 6) is 0. The maximum atomic E-state index is 12.5. The smallest absolute Gasteiger partial charge is 0.192 e. The van der Waals surface area contributed by atoms with E-state index in [1.165, 1.54) is 12.1 Å². The number of nitriles is 1. The lowest BCUT2D eigenvalue weighted by molar-refractivity contribution is -0.137. The van der Waals surface area contributed by atoms with Crippen LogP contribution in [-0.2, 0) is 12.6 Å². The molecule has 4 heteroatoms. The summed E-state index contributed by atoms with van der Waals surface area (Å²) in [6, 6.07) is 12.6. The maximum absolute atomic E-state index is 12.5. The summed E-state index contributed by atoms with van der Waals surface area (Å²) < 4.78 is 37.4. The van der Waals surface area contributed by atoms with Crippen molar-refractivity contribution >= 4 is 0 Å². The lowest BCUT2D eigenvalue weighted by Crippen LogP contribution is -2.04. The highest BCUT2D eigenvalue weighted by molar-refractivity contribution is 5.43. The van der Waals surface area contributed by atoms with Gasteiger partial charge in [0, 0.05) is 0 Å². The molecule has 0 spiro atoms. The maximum Gasteiger partial charge on any atom is 0.416 e. The van der Waals surface area contributed by atoms with E-state index in [0.29, 0.717) is 12.0 Å². The zero-order chi connectivity index (χ0) is 14.8. The minimum Gasteiger partial charge on any atom is -0.192 e. The van der Waals surface area contributed by atoms with Gasteiger partial charge < -0.3 is 0 Å². The average Bonchev–Trinajstić information content (AvgIpc) is 2.40. The van der Waals surface area contributed by atoms with Gasteiger partial charge in [-0.05, 0) is 48.2 Å². The van der Waals surface area contributed by atoms with Crippen molar-refractivity contribution in [3.8, 4) is 6.07 Å². The van der Waals surface area contributed by atoms with Gasteiger partial charge in [-0.3, -0.25) is 0 Å². The predicted octanol–water partition coefficient (Wildman–Crippen LogP) is 4.48. The number of benzene rings is 2. The van der Waals surface area contributed by atoms with Crippen LogP contribution in [0.25, 0.3) is 0 Å². The minimum absolute atomic E-state index is 0.446. The van der Waals surface area contributed by atoms with Gasteiger partial charge >= 0.3 is 6.18 Å². The Hall–Kier alpha value is -2.28. The molecule has 2 aromatic rings. The van der Waals surface area contributed by atoms with E-state index in [0.717, 1.165) is 28.8 Å². The molecule has 0 bridgehead atoms. The van der Waals surface area contributed by atoms with Crippen molar-refractivity contribution in [3.05, 3.63) is 70.3 Å². The summed E-state index contributed by atoms with van der Waals surface area (Å²) in [6.45, 7) is 1.89. The first-order chi connectivity index (χ1) is 9.40. The van der Waals surface area contributed by atoms with Crippen LogP contribution in [0.15, 0.2) is 42.5 Å². The van der Waals surface area contributed by atoms with E-state index in [-0.39, 0.29) is 0 Å². The Morgan fingerprint density at radius 1 is 1.05 bits per heavy atom. The molecule has 0 atom stereocenters. The average molecular weight is 275 g/mol. The van der Waals surface area contributed by atoms with Gasteiger partial charge in [0.2, 0.25) is 0 Å². The lowest BCUT2D eigenvalue weighted by atomic mass is 9.98. The Morgan fingerprint density at radius 3 is 2.25 bits per heavy atom. The highest BCUT2D eigenvalue weighted by atomic mass is 19.4. The molecule has 0 saturated carbocycles. The van der Waals surface area contributed by atoms with E-state index in [2.05, 4.69) is 6.07 Å². The van der Waals surface area contributed by atoms with Crippen LogP contribution in [0.4, 0.5) is 13.2 Å². The third kappa shape index (κ3) is 3.18. The predicted molar refractivity (Wildman–Crippen MR) is 70.1 cm³/mol. The van der Waals surface area contributed by atoms with Crippen molar-refractivity contribution in [1.82, 2.24) is 0 Å². The van der Waals surface area contributed by atoms with Crippen LogP contribution in [-0.4, -0.2) is 0 Å². The summed E-state index contributed by atoms with van der Waals surface area (Å²) in [5.41, 5.74) is 2.45. The van der Waals surface area contributed by atoms with Crippen LogP contribution >= 0.6 is 0 Å². The number of rotatable bonds is 2. The van der Waals surface area contributed by atoms with E-state index in [1.54, 1.807) is 6.07 Å². The quantitative estimate of drug-likeness (QED) is 0.793. The fourth-order valence-electron chi connectivity index (χ4n) is 1.98. The molecule has 102 valence electrons. The summed E-state index contributed by atoms with van der Waals surface area (Å²) in [6.07, 6.45) is -3.87. The number of aryl methyl sites for hydroxylation is 1. The molecule has 0 aromatic heterocycles. The summed E-state index contributed by atoms with van der Waals surface area (Å²) in [4.78, 5) is 0. The van der Waals surface area contributed by atoms with Crippen molar-refractivity contribution in [1.29, 1.82) is 5.26 Å². The highest BCUT2D eigenvalue weighted by Gasteiger charge is 2.29. The molecule has 0 amide bonds. The molecule has 0 aliphatic carbocycles. The van der Waals surface area contributed by atoms with Crippen molar-refractivity contribution in [2.75, 3.05) is 0 Å². The first-order valence-electron chi connectivity index (χ1n) is 6.06. The van der Waals surface area contributed by atoms with Crippen molar-refractivity contribution in [2.24, 2.45) is 0 Å². The second-order valence-corrected chi connectivity index (χ2v) is 4.64. The molecule has 0 unspecified atom stereocenters. The number of hydrogen-bond donors (Lipinski definition) is 0. The molecule has 2 rings (SSSR count). The molecule has 2 aromatic carbocycles. The minimum atomic E-state index is -4.32. The fourth-order valence-corrected chi connectivity index (χ4v) is 1.98. The Morgan fingerprint density at radius 2 is 1.70 bits per heavy atom.